The number of benzene rings is 3. The summed E-state index contributed by atoms with van der Waals surface area (Å²) in [5.41, 5.74) is 3.03. The molecule has 0 bridgehead atoms. The van der Waals surface area contributed by atoms with E-state index in [1.807, 2.05) is 12.1 Å². The minimum absolute atomic E-state index is 0.138. The molecule has 0 aliphatic carbocycles. The number of halogens is 1. The monoisotopic (exact) mass is 907 g/mol. The van der Waals surface area contributed by atoms with Gasteiger partial charge >= 0.3 is 237 Å². The molecule has 1 aliphatic rings. The van der Waals surface area contributed by atoms with Gasteiger partial charge in [0, 0.05) is 0 Å². The van der Waals surface area contributed by atoms with Crippen LogP contribution in [0, 0.1) is 5.82 Å². The van der Waals surface area contributed by atoms with Crippen LogP contribution in [0.2, 0.25) is 0 Å². The van der Waals surface area contributed by atoms with Crippen molar-refractivity contribution in [1.82, 2.24) is 0 Å². The molecule has 1 heterocycles. The molecule has 1 nitrogen and oxygen atoms in total. The Morgan fingerprint density at radius 1 is 0.552 bits per heavy atom. The van der Waals surface area contributed by atoms with Gasteiger partial charge in [0.2, 0.25) is 0 Å². The first-order valence-corrected chi connectivity index (χ1v) is 14.8. The predicted octanol–water partition coefficient (Wildman–Crippen LogP) is -4.54. The molecule has 0 spiro atoms. The van der Waals surface area contributed by atoms with Crippen LogP contribution < -0.4 is 40.4 Å². The molecule has 0 fully saturated rings. The molecule has 4 rings (SSSR count). The van der Waals surface area contributed by atoms with Gasteiger partial charge in [0.05, 0.1) is 0 Å². The first kappa shape index (κ1) is 23.7. The third kappa shape index (κ3) is 3.93. The first-order chi connectivity index (χ1) is 13.6. The molecule has 10 heteroatoms. The maximum atomic E-state index is 13.7. The van der Waals surface area contributed by atoms with E-state index in [-0.39, 0.29) is 11.7 Å². The van der Waals surface area contributed by atoms with Gasteiger partial charge in [-0.2, -0.15) is 0 Å². The van der Waals surface area contributed by atoms with Crippen LogP contribution >= 0.6 is 0 Å². The van der Waals surface area contributed by atoms with E-state index in [9.17, 15) is 4.39 Å². The van der Waals surface area contributed by atoms with Crippen LogP contribution in [0.3, 0.4) is 0 Å². The van der Waals surface area contributed by atoms with E-state index in [4.69, 9.17) is 4.74 Å². The molecular weight excluding hydrogens is 895 g/mol. The number of fused-ring (bicyclic) bond motifs is 2. The van der Waals surface area contributed by atoms with Crippen molar-refractivity contribution in [3.05, 3.63) is 46.8 Å². The van der Waals surface area contributed by atoms with Gasteiger partial charge in [0.25, 0.3) is 0 Å². The van der Waals surface area contributed by atoms with Gasteiger partial charge in [-0.15, -0.1) is 0 Å². The second kappa shape index (κ2) is 9.06. The molecule has 0 unspecified atom stereocenters. The van der Waals surface area contributed by atoms with Crippen LogP contribution in [-0.2, 0) is 0 Å². The fourth-order valence-corrected chi connectivity index (χ4v) is 8.67. The van der Waals surface area contributed by atoms with Crippen LogP contribution in [0.1, 0.15) is 22.6 Å². The average molecular weight is 900 g/mol. The topological polar surface area (TPSA) is 9.23 Å². The number of rotatable bonds is 1. The molecular formula is C19H5FOSe8. The Balaban J connectivity index is 2.16. The van der Waals surface area contributed by atoms with Crippen molar-refractivity contribution in [2.45, 2.75) is 5.92 Å². The Bertz CT molecular complexity index is 1110. The van der Waals surface area contributed by atoms with Gasteiger partial charge in [-0.05, 0) is 0 Å². The van der Waals surface area contributed by atoms with Gasteiger partial charge in [0.1, 0.15) is 0 Å². The normalized spacial score (nSPS) is 12.9. The summed E-state index contributed by atoms with van der Waals surface area (Å²) in [6.45, 7) is 0. The molecule has 142 valence electrons. The van der Waals surface area contributed by atoms with E-state index in [1.165, 1.54) is 12.1 Å². The summed E-state index contributed by atoms with van der Waals surface area (Å²) in [7, 11) is 0. The summed E-state index contributed by atoms with van der Waals surface area (Å²) in [5, 5.41) is 0. The third-order valence-electron chi connectivity index (χ3n) is 4.61. The molecule has 3 aromatic rings. The fourth-order valence-electron chi connectivity index (χ4n) is 3.28. The van der Waals surface area contributed by atoms with E-state index < -0.39 is 0 Å². The second-order valence-corrected chi connectivity index (χ2v) is 13.1. The summed E-state index contributed by atoms with van der Waals surface area (Å²) in [6, 6.07) is 6.68. The van der Waals surface area contributed by atoms with Crippen LogP contribution in [0.4, 0.5) is 4.39 Å². The second-order valence-electron chi connectivity index (χ2n) is 6.21. The van der Waals surface area contributed by atoms with E-state index >= 15 is 0 Å². The van der Waals surface area contributed by atoms with Crippen molar-refractivity contribution >= 4 is 164 Å². The molecule has 8 radical (unpaired) electrons. The van der Waals surface area contributed by atoms with Crippen molar-refractivity contribution < 1.29 is 9.13 Å². The average Bonchev–Trinajstić information content (AvgIpc) is 2.72. The minimum atomic E-state index is -0.257. The summed E-state index contributed by atoms with van der Waals surface area (Å²) in [5.74, 6) is 1.15. The molecule has 29 heavy (non-hydrogen) atoms. The molecule has 0 saturated heterocycles. The van der Waals surface area contributed by atoms with E-state index in [0.717, 1.165) is 63.9 Å². The Morgan fingerprint density at radius 3 is 1.34 bits per heavy atom. The fraction of sp³-hybridized carbons (Fsp3) is 0.0526. The molecule has 0 N–H and O–H groups in total. The van der Waals surface area contributed by atoms with Crippen LogP contribution in [0.25, 0.3) is 0 Å². The quantitative estimate of drug-likeness (QED) is 0.176. The van der Waals surface area contributed by atoms with Gasteiger partial charge in [-0.1, -0.05) is 0 Å². The molecule has 0 atom stereocenters. The van der Waals surface area contributed by atoms with Crippen LogP contribution in [0.15, 0.2) is 24.3 Å². The van der Waals surface area contributed by atoms with Gasteiger partial charge in [-0.3, -0.25) is 0 Å². The summed E-state index contributed by atoms with van der Waals surface area (Å²) >= 11 is 25.3. The number of hydrogen-bond acceptors (Lipinski definition) is 1. The molecule has 0 aromatic heterocycles. The molecule has 0 saturated carbocycles. The van der Waals surface area contributed by atoms with E-state index in [0.29, 0.717) is 0 Å². The van der Waals surface area contributed by atoms with Crippen molar-refractivity contribution in [2.24, 2.45) is 0 Å². The zero-order chi connectivity index (χ0) is 21.2. The van der Waals surface area contributed by atoms with E-state index in [2.05, 4.69) is 128 Å². The summed E-state index contributed by atoms with van der Waals surface area (Å²) in [4.78, 5) is 0. The van der Waals surface area contributed by atoms with Crippen molar-refractivity contribution in [2.75, 3.05) is 0 Å². The summed E-state index contributed by atoms with van der Waals surface area (Å²) < 4.78 is 28.0. The van der Waals surface area contributed by atoms with Gasteiger partial charge in [0.15, 0.2) is 0 Å². The van der Waals surface area contributed by atoms with E-state index in [1.54, 1.807) is 0 Å². The van der Waals surface area contributed by atoms with Crippen LogP contribution in [-0.4, -0.2) is 128 Å². The number of ether oxygens (including phenoxy) is 1. The van der Waals surface area contributed by atoms with Crippen LogP contribution in [0.5, 0.6) is 11.5 Å². The molecule has 0 amide bonds. The predicted molar refractivity (Wildman–Crippen MR) is 123 cm³/mol. The Kier molecular flexibility index (Phi) is 7.40. The Morgan fingerprint density at radius 2 is 0.931 bits per heavy atom. The molecule has 1 aliphatic heterocycles. The Hall–Kier alpha value is 1.55. The third-order valence-corrected chi connectivity index (χ3v) is 15.4. The Labute approximate surface area is 234 Å². The SMILES string of the molecule is Fc1ccc(C2c3c([Se])c([Se])c([Se])c([Se])c3Oc3c([Se])c([Se])c([Se])c([Se])c32)cc1. The maximum absolute atomic E-state index is 13.7. The zero-order valence-electron chi connectivity index (χ0n) is 13.9. The van der Waals surface area contributed by atoms with Gasteiger partial charge < -0.3 is 0 Å². The van der Waals surface area contributed by atoms with Crippen molar-refractivity contribution in [1.29, 1.82) is 0 Å². The first-order valence-electron chi connectivity index (χ1n) is 7.92. The number of hydrogen-bond donors (Lipinski definition) is 0. The zero-order valence-corrected chi connectivity index (χ0v) is 27.6. The standard InChI is InChI=1S/C19H5FOSe8/c20-6-3-1-5(2-4-6)7-8-10(14(24)18(28)16(26)12(8)22)21-11-9(7)13(23)17(27)19(29)15(11)25/h1-4,7H. The van der Waals surface area contributed by atoms with Crippen molar-refractivity contribution in [3.8, 4) is 11.5 Å². The van der Waals surface area contributed by atoms with Gasteiger partial charge in [-0.25, -0.2) is 0 Å². The summed E-state index contributed by atoms with van der Waals surface area (Å²) in [6.07, 6.45) is 0. The molecule has 3 aromatic carbocycles. The van der Waals surface area contributed by atoms with Crippen molar-refractivity contribution in [3.63, 3.8) is 0 Å².